The van der Waals surface area contributed by atoms with Gasteiger partial charge in [0.25, 0.3) is 5.91 Å². The van der Waals surface area contributed by atoms with Crippen LogP contribution in [0.25, 0.3) is 11.0 Å². The van der Waals surface area contributed by atoms with Gasteiger partial charge in [-0.05, 0) is 24.1 Å². The lowest BCUT2D eigenvalue weighted by atomic mass is 10.1. The van der Waals surface area contributed by atoms with Crippen LogP contribution in [0.15, 0.2) is 36.5 Å². The summed E-state index contributed by atoms with van der Waals surface area (Å²) in [6, 6.07) is 10.3. The fraction of sp³-hybridized carbons (Fsp3) is 0.381. The lowest BCUT2D eigenvalue weighted by Gasteiger charge is -2.26. The minimum atomic E-state index is -0.130. The molecule has 1 N–H and O–H groups in total. The molecule has 0 atom stereocenters. The van der Waals surface area contributed by atoms with Gasteiger partial charge in [0.2, 0.25) is 0 Å². The highest BCUT2D eigenvalue weighted by atomic mass is 16.5. The van der Waals surface area contributed by atoms with Crippen LogP contribution in [0.2, 0.25) is 0 Å². The molecule has 28 heavy (non-hydrogen) atoms. The van der Waals surface area contributed by atoms with Crippen molar-refractivity contribution in [2.75, 3.05) is 26.3 Å². The largest absolute Gasteiger partial charge is 0.379 e. The Kier molecular flexibility index (Phi) is 5.36. The third-order valence-corrected chi connectivity index (χ3v) is 5.11. The number of ether oxygens (including phenoxy) is 1. The van der Waals surface area contributed by atoms with Crippen molar-refractivity contribution in [1.29, 1.82) is 0 Å². The molecule has 1 fully saturated rings. The Balaban J connectivity index is 1.36. The number of nitrogens with zero attached hydrogens (tertiary/aromatic N) is 4. The molecular weight excluding hydrogens is 354 g/mol. The van der Waals surface area contributed by atoms with Crippen molar-refractivity contribution < 1.29 is 9.53 Å². The number of morpholine rings is 1. The van der Waals surface area contributed by atoms with E-state index in [0.717, 1.165) is 55.1 Å². The molecule has 0 bridgehead atoms. The van der Waals surface area contributed by atoms with Gasteiger partial charge in [-0.2, -0.15) is 5.10 Å². The molecular formula is C21H25N5O2. The minimum absolute atomic E-state index is 0.130. The fourth-order valence-corrected chi connectivity index (χ4v) is 3.50. The lowest BCUT2D eigenvalue weighted by molar-refractivity contribution is 0.0342. The molecule has 7 nitrogen and oxygen atoms in total. The summed E-state index contributed by atoms with van der Waals surface area (Å²) < 4.78 is 7.11. The van der Waals surface area contributed by atoms with E-state index in [4.69, 9.17) is 4.74 Å². The molecule has 2 aromatic heterocycles. The molecule has 146 valence electrons. The number of hydrogen-bond donors (Lipinski definition) is 1. The third kappa shape index (κ3) is 4.05. The highest BCUT2D eigenvalue weighted by molar-refractivity contribution is 5.97. The van der Waals surface area contributed by atoms with Gasteiger partial charge in [-0.1, -0.05) is 24.3 Å². The summed E-state index contributed by atoms with van der Waals surface area (Å²) in [6.07, 6.45) is 1.60. The van der Waals surface area contributed by atoms with Crippen LogP contribution in [-0.2, 0) is 24.9 Å². The van der Waals surface area contributed by atoms with Crippen molar-refractivity contribution >= 4 is 16.9 Å². The van der Waals surface area contributed by atoms with Gasteiger partial charge in [0.15, 0.2) is 5.65 Å². The number of carbonyl (C=O) groups is 1. The molecule has 1 aromatic carbocycles. The summed E-state index contributed by atoms with van der Waals surface area (Å²) in [5, 5.41) is 8.23. The molecule has 1 saturated heterocycles. The van der Waals surface area contributed by atoms with Gasteiger partial charge in [-0.15, -0.1) is 0 Å². The van der Waals surface area contributed by atoms with Crippen molar-refractivity contribution in [1.82, 2.24) is 25.0 Å². The van der Waals surface area contributed by atoms with Gasteiger partial charge in [0.05, 0.1) is 24.5 Å². The quantitative estimate of drug-likeness (QED) is 0.735. The predicted molar refractivity (Wildman–Crippen MR) is 107 cm³/mol. The normalized spacial score (nSPS) is 15.1. The standard InChI is InChI=1S/C21H25N5O2/c1-15-19-11-18(13-22-20(19)25(2)24-15)21(27)23-12-16-3-5-17(6-4-16)14-26-7-9-28-10-8-26/h3-6,11,13H,7-10,12,14H2,1-2H3,(H,23,27). The van der Waals surface area contributed by atoms with Gasteiger partial charge in [-0.25, -0.2) is 4.98 Å². The number of nitrogens with one attached hydrogen (secondary N) is 1. The van der Waals surface area contributed by atoms with E-state index in [1.54, 1.807) is 10.9 Å². The third-order valence-electron chi connectivity index (χ3n) is 5.11. The zero-order chi connectivity index (χ0) is 19.5. The first kappa shape index (κ1) is 18.6. The fourth-order valence-electron chi connectivity index (χ4n) is 3.50. The van der Waals surface area contributed by atoms with Gasteiger partial charge in [0, 0.05) is 44.8 Å². The summed E-state index contributed by atoms with van der Waals surface area (Å²) in [7, 11) is 1.85. The Hall–Kier alpha value is -2.77. The van der Waals surface area contributed by atoms with E-state index in [1.165, 1.54) is 5.56 Å². The van der Waals surface area contributed by atoms with Crippen molar-refractivity contribution in [2.24, 2.45) is 7.05 Å². The van der Waals surface area contributed by atoms with E-state index in [0.29, 0.717) is 12.1 Å². The molecule has 7 heteroatoms. The van der Waals surface area contributed by atoms with Gasteiger partial charge in [0.1, 0.15) is 0 Å². The Morgan fingerprint density at radius 1 is 1.18 bits per heavy atom. The van der Waals surface area contributed by atoms with Crippen LogP contribution in [-0.4, -0.2) is 51.9 Å². The topological polar surface area (TPSA) is 72.3 Å². The summed E-state index contributed by atoms with van der Waals surface area (Å²) in [5.41, 5.74) is 4.55. The molecule has 4 rings (SSSR count). The van der Waals surface area contributed by atoms with E-state index < -0.39 is 0 Å². The first-order chi connectivity index (χ1) is 13.6. The number of aromatic nitrogens is 3. The first-order valence-corrected chi connectivity index (χ1v) is 9.55. The summed E-state index contributed by atoms with van der Waals surface area (Å²) >= 11 is 0. The Morgan fingerprint density at radius 2 is 1.89 bits per heavy atom. The van der Waals surface area contributed by atoms with Crippen LogP contribution in [0.3, 0.4) is 0 Å². The van der Waals surface area contributed by atoms with E-state index >= 15 is 0 Å². The van der Waals surface area contributed by atoms with Crippen molar-refractivity contribution in [3.63, 3.8) is 0 Å². The molecule has 1 aliphatic rings. The highest BCUT2D eigenvalue weighted by Gasteiger charge is 2.12. The van der Waals surface area contributed by atoms with Gasteiger partial charge >= 0.3 is 0 Å². The van der Waals surface area contributed by atoms with Crippen LogP contribution in [0, 0.1) is 6.92 Å². The highest BCUT2D eigenvalue weighted by Crippen LogP contribution is 2.16. The maximum Gasteiger partial charge on any atom is 0.253 e. The number of amides is 1. The van der Waals surface area contributed by atoms with E-state index in [9.17, 15) is 4.79 Å². The van der Waals surface area contributed by atoms with Crippen molar-refractivity contribution in [3.05, 3.63) is 58.9 Å². The van der Waals surface area contributed by atoms with E-state index in [-0.39, 0.29) is 5.91 Å². The molecule has 1 amide bonds. The molecule has 0 unspecified atom stereocenters. The van der Waals surface area contributed by atoms with Crippen LogP contribution in [0.5, 0.6) is 0 Å². The van der Waals surface area contributed by atoms with Gasteiger partial charge < -0.3 is 10.1 Å². The molecule has 3 heterocycles. The van der Waals surface area contributed by atoms with Crippen molar-refractivity contribution in [2.45, 2.75) is 20.0 Å². The number of pyridine rings is 1. The summed E-state index contributed by atoms with van der Waals surface area (Å²) in [5.74, 6) is -0.130. The minimum Gasteiger partial charge on any atom is -0.379 e. The first-order valence-electron chi connectivity index (χ1n) is 9.55. The monoisotopic (exact) mass is 379 g/mol. The molecule has 0 radical (unpaired) electrons. The molecule has 0 saturated carbocycles. The summed E-state index contributed by atoms with van der Waals surface area (Å²) in [4.78, 5) is 19.3. The second-order valence-electron chi connectivity index (χ2n) is 7.19. The molecule has 0 aliphatic carbocycles. The van der Waals surface area contributed by atoms with Crippen LogP contribution in [0.4, 0.5) is 0 Å². The lowest BCUT2D eigenvalue weighted by Crippen LogP contribution is -2.35. The number of hydrogen-bond acceptors (Lipinski definition) is 5. The second kappa shape index (κ2) is 8.08. The second-order valence-corrected chi connectivity index (χ2v) is 7.19. The number of rotatable bonds is 5. The number of carbonyl (C=O) groups excluding carboxylic acids is 1. The zero-order valence-electron chi connectivity index (χ0n) is 16.3. The van der Waals surface area contributed by atoms with Crippen molar-refractivity contribution in [3.8, 4) is 0 Å². The van der Waals surface area contributed by atoms with Crippen LogP contribution >= 0.6 is 0 Å². The zero-order valence-corrected chi connectivity index (χ0v) is 16.3. The Morgan fingerprint density at radius 3 is 2.64 bits per heavy atom. The summed E-state index contributed by atoms with van der Waals surface area (Å²) in [6.45, 7) is 6.92. The van der Waals surface area contributed by atoms with Crippen LogP contribution in [0.1, 0.15) is 27.2 Å². The average Bonchev–Trinajstić information content (AvgIpc) is 3.01. The average molecular weight is 379 g/mol. The van der Waals surface area contributed by atoms with Crippen LogP contribution < -0.4 is 5.32 Å². The SMILES string of the molecule is Cc1nn(C)c2ncc(C(=O)NCc3ccc(CN4CCOCC4)cc3)cc12. The van der Waals surface area contributed by atoms with E-state index in [2.05, 4.69) is 44.6 Å². The maximum atomic E-state index is 12.5. The smallest absolute Gasteiger partial charge is 0.253 e. The number of aryl methyl sites for hydroxylation is 2. The van der Waals surface area contributed by atoms with E-state index in [1.807, 2.05) is 20.0 Å². The van der Waals surface area contributed by atoms with Gasteiger partial charge in [-0.3, -0.25) is 14.4 Å². The maximum absolute atomic E-state index is 12.5. The molecule has 0 spiro atoms. The number of benzene rings is 1. The number of fused-ring (bicyclic) bond motifs is 1. The Bertz CT molecular complexity index is 974. The predicted octanol–water partition coefficient (Wildman–Crippen LogP) is 2.04. The Labute approximate surface area is 164 Å². The molecule has 3 aromatic rings. The molecule has 1 aliphatic heterocycles.